The van der Waals surface area contributed by atoms with Crippen molar-refractivity contribution in [2.75, 3.05) is 33.8 Å². The molecular formula is C23H32N4O2S. The van der Waals surface area contributed by atoms with Crippen molar-refractivity contribution in [1.82, 2.24) is 15.5 Å². The predicted molar refractivity (Wildman–Crippen MR) is 123 cm³/mol. The van der Waals surface area contributed by atoms with Crippen LogP contribution in [0.5, 0.6) is 0 Å². The standard InChI is InChI=1S/C23H32N4O2S/c1-17-8-10-18(11-9-17)22-19(6-4-12-29-22)14-24-23(26-16-21(28)27(2)3)25-15-20-7-5-13-30-20/h5,7-11,13,19,22H,4,6,12,14-16H2,1-3H3,(H2,24,25,26). The SMILES string of the molecule is Cc1ccc(C2OCCCC2CNC(=NCC(=O)N(C)C)NCc2cccs2)cc1. The van der Waals surface area contributed by atoms with Gasteiger partial charge in [-0.3, -0.25) is 4.79 Å². The van der Waals surface area contributed by atoms with Crippen LogP contribution in [-0.4, -0.2) is 50.6 Å². The smallest absolute Gasteiger partial charge is 0.243 e. The van der Waals surface area contributed by atoms with Crippen molar-refractivity contribution in [2.24, 2.45) is 10.9 Å². The summed E-state index contributed by atoms with van der Waals surface area (Å²) in [6, 6.07) is 12.7. The van der Waals surface area contributed by atoms with E-state index in [0.717, 1.165) is 26.0 Å². The van der Waals surface area contributed by atoms with Crippen LogP contribution < -0.4 is 10.6 Å². The first kappa shape index (κ1) is 22.3. The molecule has 2 aromatic rings. The molecule has 1 saturated heterocycles. The third kappa shape index (κ3) is 6.57. The molecular weight excluding hydrogens is 396 g/mol. The minimum Gasteiger partial charge on any atom is -0.373 e. The fraction of sp³-hybridized carbons (Fsp3) is 0.478. The number of hydrogen-bond donors (Lipinski definition) is 2. The van der Waals surface area contributed by atoms with Gasteiger partial charge in [0.05, 0.1) is 12.6 Å². The van der Waals surface area contributed by atoms with Gasteiger partial charge in [0.2, 0.25) is 5.91 Å². The molecule has 162 valence electrons. The molecule has 3 rings (SSSR count). The number of hydrogen-bond acceptors (Lipinski definition) is 4. The number of likely N-dealkylation sites (N-methyl/N-ethyl adjacent to an activating group) is 1. The van der Waals surface area contributed by atoms with E-state index in [4.69, 9.17) is 4.74 Å². The largest absolute Gasteiger partial charge is 0.373 e. The lowest BCUT2D eigenvalue weighted by molar-refractivity contribution is -0.127. The highest BCUT2D eigenvalue weighted by molar-refractivity contribution is 7.09. The fourth-order valence-corrected chi connectivity index (χ4v) is 4.10. The van der Waals surface area contributed by atoms with Gasteiger partial charge in [-0.1, -0.05) is 35.9 Å². The highest BCUT2D eigenvalue weighted by Gasteiger charge is 2.27. The van der Waals surface area contributed by atoms with Crippen molar-refractivity contribution in [1.29, 1.82) is 0 Å². The van der Waals surface area contributed by atoms with Gasteiger partial charge in [-0.05, 0) is 36.8 Å². The zero-order valence-corrected chi connectivity index (χ0v) is 18.9. The summed E-state index contributed by atoms with van der Waals surface area (Å²) in [5.74, 6) is 0.984. The average Bonchev–Trinajstić information content (AvgIpc) is 3.27. The van der Waals surface area contributed by atoms with Gasteiger partial charge in [0.25, 0.3) is 0 Å². The lowest BCUT2D eigenvalue weighted by Crippen LogP contribution is -2.42. The van der Waals surface area contributed by atoms with Crippen molar-refractivity contribution >= 4 is 23.2 Å². The topological polar surface area (TPSA) is 66.0 Å². The van der Waals surface area contributed by atoms with Crippen LogP contribution in [0, 0.1) is 12.8 Å². The molecule has 1 aliphatic rings. The molecule has 1 aliphatic heterocycles. The number of ether oxygens (including phenoxy) is 1. The van der Waals surface area contributed by atoms with Crippen molar-refractivity contribution in [3.63, 3.8) is 0 Å². The van der Waals surface area contributed by atoms with Crippen LogP contribution in [0.1, 0.15) is 34.9 Å². The van der Waals surface area contributed by atoms with E-state index in [1.807, 2.05) is 6.07 Å². The number of nitrogens with one attached hydrogen (secondary N) is 2. The van der Waals surface area contributed by atoms with Gasteiger partial charge in [-0.25, -0.2) is 4.99 Å². The van der Waals surface area contributed by atoms with Crippen molar-refractivity contribution in [3.05, 3.63) is 57.8 Å². The summed E-state index contributed by atoms with van der Waals surface area (Å²) in [4.78, 5) is 19.3. The number of aliphatic imine (C=N–C) groups is 1. The minimum atomic E-state index is -0.0224. The molecule has 0 aliphatic carbocycles. The molecule has 6 nitrogen and oxygen atoms in total. The van der Waals surface area contributed by atoms with E-state index in [2.05, 4.69) is 58.3 Å². The van der Waals surface area contributed by atoms with E-state index < -0.39 is 0 Å². The summed E-state index contributed by atoms with van der Waals surface area (Å²) in [6.45, 7) is 4.44. The van der Waals surface area contributed by atoms with Gasteiger partial charge in [-0.15, -0.1) is 11.3 Å². The number of amides is 1. The first-order chi connectivity index (χ1) is 14.5. The van der Waals surface area contributed by atoms with E-state index in [9.17, 15) is 4.79 Å². The zero-order valence-electron chi connectivity index (χ0n) is 18.1. The monoisotopic (exact) mass is 428 g/mol. The molecule has 0 bridgehead atoms. The van der Waals surface area contributed by atoms with Crippen molar-refractivity contribution in [3.8, 4) is 0 Å². The van der Waals surface area contributed by atoms with Crippen molar-refractivity contribution < 1.29 is 9.53 Å². The number of carbonyl (C=O) groups excluding carboxylic acids is 1. The molecule has 30 heavy (non-hydrogen) atoms. The molecule has 7 heteroatoms. The summed E-state index contributed by atoms with van der Waals surface area (Å²) >= 11 is 1.70. The van der Waals surface area contributed by atoms with Gasteiger partial charge in [0, 0.05) is 38.0 Å². The Labute approximate surface area is 183 Å². The summed E-state index contributed by atoms with van der Waals surface area (Å²) in [6.07, 6.45) is 2.23. The Balaban J connectivity index is 1.64. The maximum absolute atomic E-state index is 12.0. The maximum atomic E-state index is 12.0. The van der Waals surface area contributed by atoms with Crippen LogP contribution in [0.15, 0.2) is 46.8 Å². The van der Waals surface area contributed by atoms with E-state index in [0.29, 0.717) is 18.4 Å². The van der Waals surface area contributed by atoms with E-state index >= 15 is 0 Å². The fourth-order valence-electron chi connectivity index (χ4n) is 3.45. The number of nitrogens with zero attached hydrogens (tertiary/aromatic N) is 2. The molecule has 2 N–H and O–H groups in total. The van der Waals surface area contributed by atoms with E-state index in [1.165, 1.54) is 16.0 Å². The normalized spacial score (nSPS) is 19.4. The number of aryl methyl sites for hydroxylation is 1. The Morgan fingerprint density at radius 3 is 2.73 bits per heavy atom. The second kappa shape index (κ2) is 11.1. The highest BCUT2D eigenvalue weighted by atomic mass is 32.1. The molecule has 0 saturated carbocycles. The van der Waals surface area contributed by atoms with E-state index in [-0.39, 0.29) is 18.6 Å². The summed E-state index contributed by atoms with van der Waals surface area (Å²) in [5, 5.41) is 8.86. The molecule has 1 aromatic carbocycles. The van der Waals surface area contributed by atoms with Gasteiger partial charge in [-0.2, -0.15) is 0 Å². The van der Waals surface area contributed by atoms with Crippen molar-refractivity contribution in [2.45, 2.75) is 32.4 Å². The Hall–Kier alpha value is -2.38. The van der Waals surface area contributed by atoms with Crippen LogP contribution >= 0.6 is 11.3 Å². The van der Waals surface area contributed by atoms with Crippen LogP contribution in [0.2, 0.25) is 0 Å². The third-order valence-electron chi connectivity index (χ3n) is 5.26. The summed E-state index contributed by atoms with van der Waals surface area (Å²) in [7, 11) is 3.49. The Kier molecular flexibility index (Phi) is 8.28. The van der Waals surface area contributed by atoms with Crippen LogP contribution in [0.25, 0.3) is 0 Å². The average molecular weight is 429 g/mol. The molecule has 1 fully saturated rings. The Morgan fingerprint density at radius 2 is 2.03 bits per heavy atom. The first-order valence-electron chi connectivity index (χ1n) is 10.5. The maximum Gasteiger partial charge on any atom is 0.243 e. The number of benzene rings is 1. The summed E-state index contributed by atoms with van der Waals surface area (Å²) < 4.78 is 6.14. The van der Waals surface area contributed by atoms with Crippen LogP contribution in [-0.2, 0) is 16.1 Å². The molecule has 2 heterocycles. The van der Waals surface area contributed by atoms with E-state index in [1.54, 1.807) is 30.3 Å². The lowest BCUT2D eigenvalue weighted by Gasteiger charge is -2.32. The minimum absolute atomic E-state index is 0.0224. The first-order valence-corrected chi connectivity index (χ1v) is 11.3. The quantitative estimate of drug-likeness (QED) is 0.524. The van der Waals surface area contributed by atoms with Gasteiger partial charge in [0.15, 0.2) is 5.96 Å². The summed E-state index contributed by atoms with van der Waals surface area (Å²) in [5.41, 5.74) is 2.47. The van der Waals surface area contributed by atoms with Crippen LogP contribution in [0.3, 0.4) is 0 Å². The van der Waals surface area contributed by atoms with Crippen LogP contribution in [0.4, 0.5) is 0 Å². The van der Waals surface area contributed by atoms with Gasteiger partial charge >= 0.3 is 0 Å². The highest BCUT2D eigenvalue weighted by Crippen LogP contribution is 2.33. The molecule has 0 spiro atoms. The number of carbonyl (C=O) groups is 1. The molecule has 0 radical (unpaired) electrons. The molecule has 2 unspecified atom stereocenters. The predicted octanol–water partition coefficient (Wildman–Crippen LogP) is 3.35. The van der Waals surface area contributed by atoms with Gasteiger partial charge in [0.1, 0.15) is 6.54 Å². The number of thiophene rings is 1. The van der Waals surface area contributed by atoms with Gasteiger partial charge < -0.3 is 20.3 Å². The second-order valence-electron chi connectivity index (χ2n) is 7.87. The third-order valence-corrected chi connectivity index (χ3v) is 6.14. The Morgan fingerprint density at radius 1 is 1.23 bits per heavy atom. The number of guanidine groups is 1. The second-order valence-corrected chi connectivity index (χ2v) is 8.90. The molecule has 1 aromatic heterocycles. The zero-order chi connectivity index (χ0) is 21.3. The molecule has 1 amide bonds. The number of rotatable bonds is 7. The lowest BCUT2D eigenvalue weighted by atomic mass is 9.89. The molecule has 2 atom stereocenters. The Bertz CT molecular complexity index is 818.